The van der Waals surface area contributed by atoms with Gasteiger partial charge in [-0.15, -0.1) is 0 Å². The second-order valence-electron chi connectivity index (χ2n) is 5.16. The van der Waals surface area contributed by atoms with E-state index in [1.165, 1.54) is 18.5 Å². The first-order chi connectivity index (χ1) is 11.4. The first kappa shape index (κ1) is 17.0. The second-order valence-corrected chi connectivity index (χ2v) is 5.92. The standard InChI is InChI=1S/C14H12Cl2F3N5/c15-10-8-21-13(22-11(10)16)24-6-4-23(5-7-24)12-9(14(17,18)19)2-1-3-20-12/h1-3,8H,4-7H2. The Morgan fingerprint density at radius 1 is 1.00 bits per heavy atom. The molecule has 1 aliphatic heterocycles. The lowest BCUT2D eigenvalue weighted by Crippen LogP contribution is -2.48. The summed E-state index contributed by atoms with van der Waals surface area (Å²) >= 11 is 11.7. The number of rotatable bonds is 2. The van der Waals surface area contributed by atoms with Gasteiger partial charge in [-0.2, -0.15) is 18.2 Å². The maximum atomic E-state index is 13.1. The molecule has 3 heterocycles. The molecule has 1 fully saturated rings. The van der Waals surface area contributed by atoms with Gasteiger partial charge in [-0.3, -0.25) is 0 Å². The number of halogens is 5. The predicted molar refractivity (Wildman–Crippen MR) is 85.7 cm³/mol. The third kappa shape index (κ3) is 3.49. The Kier molecular flexibility index (Phi) is 4.69. The topological polar surface area (TPSA) is 45.2 Å². The molecule has 2 aromatic heterocycles. The van der Waals surface area contributed by atoms with Crippen LogP contribution in [-0.2, 0) is 6.18 Å². The molecule has 0 radical (unpaired) electrons. The van der Waals surface area contributed by atoms with Crippen LogP contribution in [0.15, 0.2) is 24.5 Å². The zero-order valence-corrected chi connectivity index (χ0v) is 13.8. The van der Waals surface area contributed by atoms with Crippen LogP contribution in [0.2, 0.25) is 10.2 Å². The van der Waals surface area contributed by atoms with Crippen molar-refractivity contribution in [1.82, 2.24) is 15.0 Å². The van der Waals surface area contributed by atoms with Crippen molar-refractivity contribution in [2.24, 2.45) is 0 Å². The van der Waals surface area contributed by atoms with E-state index in [1.54, 1.807) is 4.90 Å². The van der Waals surface area contributed by atoms with Crippen LogP contribution in [0.4, 0.5) is 24.9 Å². The predicted octanol–water partition coefficient (Wildman–Crippen LogP) is 3.52. The summed E-state index contributed by atoms with van der Waals surface area (Å²) in [6, 6.07) is 2.32. The molecule has 0 bridgehead atoms. The Balaban J connectivity index is 1.75. The van der Waals surface area contributed by atoms with E-state index in [1.807, 2.05) is 4.90 Å². The highest BCUT2D eigenvalue weighted by atomic mass is 35.5. The molecule has 0 aromatic carbocycles. The van der Waals surface area contributed by atoms with Gasteiger partial charge in [0.15, 0.2) is 5.15 Å². The molecule has 24 heavy (non-hydrogen) atoms. The smallest absolute Gasteiger partial charge is 0.353 e. The molecule has 3 rings (SSSR count). The summed E-state index contributed by atoms with van der Waals surface area (Å²) < 4.78 is 39.3. The number of piperazine rings is 1. The van der Waals surface area contributed by atoms with Gasteiger partial charge in [-0.05, 0) is 12.1 Å². The average molecular weight is 378 g/mol. The molecule has 0 aliphatic carbocycles. The van der Waals surface area contributed by atoms with E-state index in [9.17, 15) is 13.2 Å². The summed E-state index contributed by atoms with van der Waals surface area (Å²) in [6.07, 6.45) is -1.67. The highest BCUT2D eigenvalue weighted by Gasteiger charge is 2.36. The zero-order valence-electron chi connectivity index (χ0n) is 12.3. The molecular formula is C14H12Cl2F3N5. The number of hydrogen-bond acceptors (Lipinski definition) is 5. The Morgan fingerprint density at radius 2 is 1.67 bits per heavy atom. The van der Waals surface area contributed by atoms with Gasteiger partial charge in [0, 0.05) is 32.4 Å². The van der Waals surface area contributed by atoms with Crippen LogP contribution in [0, 0.1) is 0 Å². The van der Waals surface area contributed by atoms with Crippen molar-refractivity contribution in [1.29, 1.82) is 0 Å². The molecule has 5 nitrogen and oxygen atoms in total. The van der Waals surface area contributed by atoms with Crippen LogP contribution in [0.25, 0.3) is 0 Å². The molecule has 0 atom stereocenters. The fourth-order valence-electron chi connectivity index (χ4n) is 2.48. The first-order valence-electron chi connectivity index (χ1n) is 7.06. The monoisotopic (exact) mass is 377 g/mol. The quantitative estimate of drug-likeness (QED) is 0.749. The largest absolute Gasteiger partial charge is 0.419 e. The minimum atomic E-state index is -4.44. The lowest BCUT2D eigenvalue weighted by atomic mass is 10.2. The third-order valence-electron chi connectivity index (χ3n) is 3.64. The van der Waals surface area contributed by atoms with E-state index in [0.717, 1.165) is 6.07 Å². The van der Waals surface area contributed by atoms with Gasteiger partial charge in [0.2, 0.25) is 5.95 Å². The summed E-state index contributed by atoms with van der Waals surface area (Å²) in [5.41, 5.74) is -0.732. The molecule has 0 spiro atoms. The maximum Gasteiger partial charge on any atom is 0.419 e. The van der Waals surface area contributed by atoms with E-state index in [0.29, 0.717) is 32.1 Å². The van der Waals surface area contributed by atoms with Gasteiger partial charge < -0.3 is 9.80 Å². The fourth-order valence-corrected chi connectivity index (χ4v) is 2.69. The van der Waals surface area contributed by atoms with Crippen LogP contribution in [0.5, 0.6) is 0 Å². The Labute approximate surface area is 146 Å². The van der Waals surface area contributed by atoms with Crippen LogP contribution in [-0.4, -0.2) is 41.1 Å². The van der Waals surface area contributed by atoms with E-state index in [2.05, 4.69) is 15.0 Å². The van der Waals surface area contributed by atoms with E-state index < -0.39 is 11.7 Å². The van der Waals surface area contributed by atoms with Crippen molar-refractivity contribution in [2.45, 2.75) is 6.18 Å². The van der Waals surface area contributed by atoms with Crippen molar-refractivity contribution in [3.63, 3.8) is 0 Å². The SMILES string of the molecule is FC(F)(F)c1cccnc1N1CCN(c2ncc(Cl)c(Cl)n2)CC1. The maximum absolute atomic E-state index is 13.1. The second kappa shape index (κ2) is 6.60. The minimum absolute atomic E-state index is 0.0558. The number of aromatic nitrogens is 3. The number of alkyl halides is 3. The van der Waals surface area contributed by atoms with Crippen molar-refractivity contribution in [3.05, 3.63) is 40.3 Å². The molecule has 0 unspecified atom stereocenters. The van der Waals surface area contributed by atoms with E-state index >= 15 is 0 Å². The summed E-state index contributed by atoms with van der Waals surface area (Å²) in [7, 11) is 0. The number of nitrogens with zero attached hydrogens (tertiary/aromatic N) is 5. The summed E-state index contributed by atoms with van der Waals surface area (Å²) in [5.74, 6) is 0.348. The van der Waals surface area contributed by atoms with Gasteiger partial charge in [0.25, 0.3) is 0 Å². The van der Waals surface area contributed by atoms with Gasteiger partial charge in [0.05, 0.1) is 16.8 Å². The van der Waals surface area contributed by atoms with Crippen LogP contribution >= 0.6 is 23.2 Å². The molecule has 128 valence electrons. The average Bonchev–Trinajstić information content (AvgIpc) is 2.57. The molecule has 10 heteroatoms. The molecule has 2 aromatic rings. The van der Waals surface area contributed by atoms with Crippen LogP contribution in [0.3, 0.4) is 0 Å². The fraction of sp³-hybridized carbons (Fsp3) is 0.357. The Hall–Kier alpha value is -1.80. The summed E-state index contributed by atoms with van der Waals surface area (Å²) in [5, 5.41) is 0.399. The van der Waals surface area contributed by atoms with Crippen LogP contribution < -0.4 is 9.80 Å². The van der Waals surface area contributed by atoms with Crippen molar-refractivity contribution < 1.29 is 13.2 Å². The van der Waals surface area contributed by atoms with Crippen LogP contribution in [0.1, 0.15) is 5.56 Å². The highest BCUT2D eigenvalue weighted by molar-refractivity contribution is 6.41. The highest BCUT2D eigenvalue weighted by Crippen LogP contribution is 2.35. The van der Waals surface area contributed by atoms with Gasteiger partial charge in [-0.1, -0.05) is 23.2 Å². The van der Waals surface area contributed by atoms with Gasteiger partial charge >= 0.3 is 6.18 Å². The van der Waals surface area contributed by atoms with Gasteiger partial charge in [0.1, 0.15) is 5.82 Å². The molecule has 0 amide bonds. The lowest BCUT2D eigenvalue weighted by molar-refractivity contribution is -0.137. The molecule has 0 N–H and O–H groups in total. The van der Waals surface area contributed by atoms with E-state index in [-0.39, 0.29) is 16.0 Å². The first-order valence-corrected chi connectivity index (χ1v) is 7.82. The minimum Gasteiger partial charge on any atom is -0.353 e. The number of anilines is 2. The van der Waals surface area contributed by atoms with Crippen molar-refractivity contribution >= 4 is 35.0 Å². The summed E-state index contributed by atoms with van der Waals surface area (Å²) in [6.45, 7) is 1.63. The summed E-state index contributed by atoms with van der Waals surface area (Å²) in [4.78, 5) is 15.5. The number of pyridine rings is 1. The van der Waals surface area contributed by atoms with Gasteiger partial charge in [-0.25, -0.2) is 9.97 Å². The van der Waals surface area contributed by atoms with E-state index in [4.69, 9.17) is 23.2 Å². The zero-order chi connectivity index (χ0) is 17.3. The molecular weight excluding hydrogens is 366 g/mol. The number of hydrogen-bond donors (Lipinski definition) is 0. The normalized spacial score (nSPS) is 15.7. The molecule has 0 saturated carbocycles. The Bertz CT molecular complexity index is 733. The van der Waals surface area contributed by atoms with Crippen molar-refractivity contribution in [3.8, 4) is 0 Å². The molecule has 1 aliphatic rings. The lowest BCUT2D eigenvalue weighted by Gasteiger charge is -2.36. The third-order valence-corrected chi connectivity index (χ3v) is 4.30. The van der Waals surface area contributed by atoms with Crippen molar-refractivity contribution in [2.75, 3.05) is 36.0 Å². The molecule has 1 saturated heterocycles. The Morgan fingerprint density at radius 3 is 2.29 bits per heavy atom.